The van der Waals surface area contributed by atoms with Crippen molar-refractivity contribution in [3.8, 4) is 16.9 Å². The van der Waals surface area contributed by atoms with E-state index in [0.717, 1.165) is 17.0 Å². The molecule has 2 atom stereocenters. The Kier molecular flexibility index (Phi) is 7.18. The first-order chi connectivity index (χ1) is 18.0. The lowest BCUT2D eigenvalue weighted by molar-refractivity contribution is 0.0674. The Hall–Kier alpha value is -4.17. The lowest BCUT2D eigenvalue weighted by atomic mass is 10.0. The van der Waals surface area contributed by atoms with E-state index < -0.39 is 0 Å². The standard InChI is InChI=1S/C29H32N6O2/c1-20-16-35(17-21(2)33-20)29(36)24-10-8-23(9-11-24)25-14-26(28(30)32-15-25)37-19-27-31-12-13-34(27)18-22-6-4-3-5-7-22/h3-15,20-21,33H,16-19H2,1-2H3,(H2,30,32). The van der Waals surface area contributed by atoms with Gasteiger partial charge in [0.1, 0.15) is 12.4 Å². The number of nitrogens with one attached hydrogen (secondary N) is 1. The van der Waals surface area contributed by atoms with Gasteiger partial charge in [-0.25, -0.2) is 9.97 Å². The van der Waals surface area contributed by atoms with Crippen LogP contribution >= 0.6 is 0 Å². The summed E-state index contributed by atoms with van der Waals surface area (Å²) in [7, 11) is 0. The quantitative estimate of drug-likeness (QED) is 0.402. The molecule has 190 valence electrons. The van der Waals surface area contributed by atoms with Crippen molar-refractivity contribution in [2.45, 2.75) is 39.1 Å². The van der Waals surface area contributed by atoms with Crippen molar-refractivity contribution in [3.05, 3.63) is 96.2 Å². The van der Waals surface area contributed by atoms with Crippen molar-refractivity contribution in [2.24, 2.45) is 0 Å². The van der Waals surface area contributed by atoms with E-state index in [1.807, 2.05) is 59.6 Å². The van der Waals surface area contributed by atoms with Gasteiger partial charge in [-0.2, -0.15) is 0 Å². The monoisotopic (exact) mass is 496 g/mol. The molecule has 8 nitrogen and oxygen atoms in total. The molecule has 3 N–H and O–H groups in total. The molecule has 0 bridgehead atoms. The third-order valence-electron chi connectivity index (χ3n) is 6.55. The lowest BCUT2D eigenvalue weighted by Crippen LogP contribution is -2.55. The number of ether oxygens (including phenoxy) is 1. The first-order valence-corrected chi connectivity index (χ1v) is 12.5. The fourth-order valence-corrected chi connectivity index (χ4v) is 4.76. The summed E-state index contributed by atoms with van der Waals surface area (Å²) in [5, 5.41) is 3.46. The van der Waals surface area contributed by atoms with Gasteiger partial charge in [-0.05, 0) is 43.2 Å². The Labute approximate surface area is 217 Å². The lowest BCUT2D eigenvalue weighted by Gasteiger charge is -2.36. The Bertz CT molecular complexity index is 1340. The van der Waals surface area contributed by atoms with E-state index in [-0.39, 0.29) is 24.6 Å². The highest BCUT2D eigenvalue weighted by Crippen LogP contribution is 2.28. The number of carbonyl (C=O) groups excluding carboxylic acids is 1. The van der Waals surface area contributed by atoms with Gasteiger partial charge in [0.2, 0.25) is 0 Å². The molecule has 1 fully saturated rings. The van der Waals surface area contributed by atoms with Crippen LogP contribution in [-0.2, 0) is 13.2 Å². The summed E-state index contributed by atoms with van der Waals surface area (Å²) in [6.45, 7) is 6.59. The molecule has 0 spiro atoms. The maximum atomic E-state index is 13.0. The summed E-state index contributed by atoms with van der Waals surface area (Å²) in [6.07, 6.45) is 5.42. The van der Waals surface area contributed by atoms with Crippen LogP contribution in [0.3, 0.4) is 0 Å². The molecule has 1 aliphatic rings. The summed E-state index contributed by atoms with van der Waals surface area (Å²) in [6, 6.07) is 20.3. The van der Waals surface area contributed by atoms with Gasteiger partial charge < -0.3 is 25.3 Å². The Balaban J connectivity index is 1.27. The number of hydrogen-bond acceptors (Lipinski definition) is 6. The van der Waals surface area contributed by atoms with Crippen molar-refractivity contribution in [3.63, 3.8) is 0 Å². The van der Waals surface area contributed by atoms with Gasteiger partial charge in [0.05, 0.1) is 0 Å². The fourth-order valence-electron chi connectivity index (χ4n) is 4.76. The molecule has 2 aromatic carbocycles. The van der Waals surface area contributed by atoms with Crippen molar-refractivity contribution in [1.29, 1.82) is 0 Å². The smallest absolute Gasteiger partial charge is 0.253 e. The zero-order valence-electron chi connectivity index (χ0n) is 21.2. The average molecular weight is 497 g/mol. The topological polar surface area (TPSA) is 98.3 Å². The normalized spacial score (nSPS) is 17.5. The summed E-state index contributed by atoms with van der Waals surface area (Å²) in [5.74, 6) is 1.67. The van der Waals surface area contributed by atoms with Gasteiger partial charge in [0.15, 0.2) is 11.6 Å². The molecule has 0 saturated carbocycles. The third kappa shape index (κ3) is 5.81. The van der Waals surface area contributed by atoms with Gasteiger partial charge in [0.25, 0.3) is 5.91 Å². The van der Waals surface area contributed by atoms with E-state index >= 15 is 0 Å². The van der Waals surface area contributed by atoms with Crippen LogP contribution in [0.25, 0.3) is 11.1 Å². The largest absolute Gasteiger partial charge is 0.482 e. The number of imidazole rings is 1. The Morgan fingerprint density at radius 2 is 1.76 bits per heavy atom. The number of nitrogen functional groups attached to an aromatic ring is 1. The van der Waals surface area contributed by atoms with E-state index in [1.165, 1.54) is 5.56 Å². The van der Waals surface area contributed by atoms with E-state index in [9.17, 15) is 4.79 Å². The molecule has 5 rings (SSSR count). The predicted octanol–water partition coefficient (Wildman–Crippen LogP) is 3.98. The summed E-state index contributed by atoms with van der Waals surface area (Å²) >= 11 is 0. The Morgan fingerprint density at radius 1 is 1.03 bits per heavy atom. The van der Waals surface area contributed by atoms with E-state index in [4.69, 9.17) is 10.5 Å². The number of amides is 1. The number of aromatic nitrogens is 3. The minimum Gasteiger partial charge on any atom is -0.482 e. The number of piperazine rings is 1. The molecule has 1 aliphatic heterocycles. The number of pyridine rings is 1. The minimum absolute atomic E-state index is 0.0530. The summed E-state index contributed by atoms with van der Waals surface area (Å²) < 4.78 is 8.10. The van der Waals surface area contributed by atoms with E-state index in [0.29, 0.717) is 36.8 Å². The minimum atomic E-state index is 0.0530. The first kappa shape index (κ1) is 24.5. The first-order valence-electron chi connectivity index (χ1n) is 12.5. The van der Waals surface area contributed by atoms with Gasteiger partial charge in [0, 0.05) is 61.4 Å². The number of hydrogen-bond donors (Lipinski definition) is 2. The molecule has 1 amide bonds. The van der Waals surface area contributed by atoms with Crippen molar-refractivity contribution < 1.29 is 9.53 Å². The van der Waals surface area contributed by atoms with Crippen molar-refractivity contribution in [1.82, 2.24) is 24.8 Å². The molecular formula is C29H32N6O2. The van der Waals surface area contributed by atoms with Gasteiger partial charge in [-0.3, -0.25) is 4.79 Å². The maximum Gasteiger partial charge on any atom is 0.253 e. The third-order valence-corrected chi connectivity index (χ3v) is 6.55. The molecule has 4 aromatic rings. The maximum absolute atomic E-state index is 13.0. The zero-order valence-corrected chi connectivity index (χ0v) is 21.2. The molecular weight excluding hydrogens is 464 g/mol. The number of rotatable bonds is 7. The fraction of sp³-hybridized carbons (Fsp3) is 0.276. The highest BCUT2D eigenvalue weighted by atomic mass is 16.5. The number of anilines is 1. The van der Waals surface area contributed by atoms with E-state index in [1.54, 1.807) is 12.4 Å². The summed E-state index contributed by atoms with van der Waals surface area (Å²) in [5.41, 5.74) is 9.78. The van der Waals surface area contributed by atoms with E-state index in [2.05, 4.69) is 45.8 Å². The molecule has 1 saturated heterocycles. The number of nitrogens with zero attached hydrogens (tertiary/aromatic N) is 4. The van der Waals surface area contributed by atoms with Crippen LogP contribution in [0.4, 0.5) is 5.82 Å². The summed E-state index contributed by atoms with van der Waals surface area (Å²) in [4.78, 5) is 23.7. The second-order valence-electron chi connectivity index (χ2n) is 9.61. The highest BCUT2D eigenvalue weighted by Gasteiger charge is 2.25. The Morgan fingerprint density at radius 3 is 2.49 bits per heavy atom. The molecule has 3 heterocycles. The SMILES string of the molecule is CC1CN(C(=O)c2ccc(-c3cnc(N)c(OCc4nccn4Cc4ccccc4)c3)cc2)CC(C)N1. The second kappa shape index (κ2) is 10.8. The van der Waals surface area contributed by atoms with Crippen molar-refractivity contribution >= 4 is 11.7 Å². The van der Waals surface area contributed by atoms with Crippen LogP contribution in [0.5, 0.6) is 5.75 Å². The van der Waals surface area contributed by atoms with Gasteiger partial charge in [-0.15, -0.1) is 0 Å². The second-order valence-corrected chi connectivity index (χ2v) is 9.61. The average Bonchev–Trinajstić information content (AvgIpc) is 3.34. The van der Waals surface area contributed by atoms with Gasteiger partial charge in [-0.1, -0.05) is 42.5 Å². The van der Waals surface area contributed by atoms with Crippen LogP contribution in [-0.4, -0.2) is 50.5 Å². The number of nitrogens with two attached hydrogens (primary N) is 1. The predicted molar refractivity (Wildman–Crippen MR) is 144 cm³/mol. The molecule has 8 heteroatoms. The van der Waals surface area contributed by atoms with Crippen LogP contribution in [0.1, 0.15) is 35.6 Å². The highest BCUT2D eigenvalue weighted by molar-refractivity contribution is 5.95. The molecule has 2 aromatic heterocycles. The number of benzene rings is 2. The van der Waals surface area contributed by atoms with Crippen LogP contribution in [0, 0.1) is 0 Å². The molecule has 2 unspecified atom stereocenters. The van der Waals surface area contributed by atoms with Gasteiger partial charge >= 0.3 is 0 Å². The number of carbonyl (C=O) groups is 1. The zero-order chi connectivity index (χ0) is 25.8. The van der Waals surface area contributed by atoms with Crippen LogP contribution in [0.2, 0.25) is 0 Å². The van der Waals surface area contributed by atoms with Crippen LogP contribution < -0.4 is 15.8 Å². The molecule has 37 heavy (non-hydrogen) atoms. The molecule has 0 radical (unpaired) electrons. The van der Waals surface area contributed by atoms with Crippen molar-refractivity contribution in [2.75, 3.05) is 18.8 Å². The molecule has 0 aliphatic carbocycles. The van der Waals surface area contributed by atoms with Crippen LogP contribution in [0.15, 0.2) is 79.3 Å².